The molecule has 0 spiro atoms. The molecular formula is C24H24ClF3N4O3. The van der Waals surface area contributed by atoms with Gasteiger partial charge in [0.25, 0.3) is 5.91 Å². The molecule has 0 radical (unpaired) electrons. The second kappa shape index (κ2) is 9.22. The predicted molar refractivity (Wildman–Crippen MR) is 122 cm³/mol. The van der Waals surface area contributed by atoms with Crippen molar-refractivity contribution in [3.63, 3.8) is 0 Å². The molecule has 35 heavy (non-hydrogen) atoms. The lowest BCUT2D eigenvalue weighted by Crippen LogP contribution is -2.55. The second-order valence-corrected chi connectivity index (χ2v) is 9.41. The Labute approximate surface area is 204 Å². The number of amides is 2. The molecule has 2 amide bonds. The Kier molecular flexibility index (Phi) is 6.25. The summed E-state index contributed by atoms with van der Waals surface area (Å²) in [6.07, 6.45) is 5.73. The molecule has 11 heteroatoms. The molecule has 2 aliphatic rings. The summed E-state index contributed by atoms with van der Waals surface area (Å²) in [6.45, 7) is 0.516. The molecule has 3 aromatic rings. The minimum atomic E-state index is -4.73. The summed E-state index contributed by atoms with van der Waals surface area (Å²) in [5, 5.41) is -0.237. The molecule has 0 atom stereocenters. The lowest BCUT2D eigenvalue weighted by molar-refractivity contribution is -0.138. The smallest absolute Gasteiger partial charge is 0.420 e. The molecule has 0 aromatic carbocycles. The van der Waals surface area contributed by atoms with Crippen LogP contribution in [0.15, 0.2) is 35.3 Å². The molecule has 3 aromatic heterocycles. The third kappa shape index (κ3) is 4.51. The van der Waals surface area contributed by atoms with Crippen LogP contribution in [0, 0.1) is 0 Å². The van der Waals surface area contributed by atoms with E-state index in [0.717, 1.165) is 49.0 Å². The fourth-order valence-corrected chi connectivity index (χ4v) is 5.27. The Morgan fingerprint density at radius 2 is 1.86 bits per heavy atom. The van der Waals surface area contributed by atoms with E-state index < -0.39 is 23.3 Å². The van der Waals surface area contributed by atoms with Crippen molar-refractivity contribution in [1.29, 1.82) is 0 Å². The van der Waals surface area contributed by atoms with Crippen molar-refractivity contribution in [1.82, 2.24) is 19.2 Å². The van der Waals surface area contributed by atoms with Crippen molar-refractivity contribution in [2.45, 2.75) is 50.7 Å². The summed E-state index contributed by atoms with van der Waals surface area (Å²) < 4.78 is 47.7. The number of piperazine rings is 1. The zero-order valence-electron chi connectivity index (χ0n) is 18.9. The van der Waals surface area contributed by atoms with E-state index in [1.165, 1.54) is 29.7 Å². The third-order valence-electron chi connectivity index (χ3n) is 6.83. The number of fused-ring (bicyclic) bond motifs is 1. The number of imidazole rings is 1. The molecule has 1 saturated heterocycles. The number of hydrogen-bond donors (Lipinski definition) is 0. The maximum Gasteiger partial charge on any atom is 0.420 e. The van der Waals surface area contributed by atoms with Crippen molar-refractivity contribution in [3.05, 3.63) is 47.3 Å². The number of alkyl halides is 3. The molecule has 1 saturated carbocycles. The van der Waals surface area contributed by atoms with Gasteiger partial charge in [0.05, 0.1) is 18.1 Å². The van der Waals surface area contributed by atoms with E-state index in [2.05, 4.69) is 4.98 Å². The number of carbonyl (C=O) groups excluding carboxylic acids is 2. The number of halogens is 4. The minimum Gasteiger partial charge on any atom is -0.472 e. The zero-order chi connectivity index (χ0) is 24.7. The van der Waals surface area contributed by atoms with Crippen LogP contribution in [0.3, 0.4) is 0 Å². The molecule has 0 N–H and O–H groups in total. The highest BCUT2D eigenvalue weighted by molar-refractivity contribution is 6.33. The summed E-state index contributed by atoms with van der Waals surface area (Å²) in [5.41, 5.74) is -1.16. The Bertz CT molecular complexity index is 1250. The predicted octanol–water partition coefficient (Wildman–Crippen LogP) is 5.27. The third-order valence-corrected chi connectivity index (χ3v) is 7.20. The number of furan rings is 1. The van der Waals surface area contributed by atoms with Crippen molar-refractivity contribution < 1.29 is 27.2 Å². The highest BCUT2D eigenvalue weighted by Crippen LogP contribution is 2.37. The van der Waals surface area contributed by atoms with Gasteiger partial charge in [-0.3, -0.25) is 14.0 Å². The van der Waals surface area contributed by atoms with Crippen LogP contribution in [0.2, 0.25) is 5.15 Å². The molecule has 1 aliphatic heterocycles. The molecule has 0 bridgehead atoms. The summed E-state index contributed by atoms with van der Waals surface area (Å²) in [4.78, 5) is 33.3. The van der Waals surface area contributed by atoms with E-state index >= 15 is 0 Å². The first-order chi connectivity index (χ1) is 16.7. The highest BCUT2D eigenvalue weighted by Gasteiger charge is 2.38. The van der Waals surface area contributed by atoms with Gasteiger partial charge in [-0.2, -0.15) is 13.2 Å². The summed E-state index contributed by atoms with van der Waals surface area (Å²) in [7, 11) is 0. The van der Waals surface area contributed by atoms with E-state index in [9.17, 15) is 22.8 Å². The second-order valence-electron chi connectivity index (χ2n) is 9.06. The molecular weight excluding hydrogens is 485 g/mol. The van der Waals surface area contributed by atoms with E-state index in [1.807, 2.05) is 4.90 Å². The zero-order valence-corrected chi connectivity index (χ0v) is 19.6. The van der Waals surface area contributed by atoms with Gasteiger partial charge in [0, 0.05) is 36.5 Å². The van der Waals surface area contributed by atoms with Crippen LogP contribution >= 0.6 is 11.6 Å². The normalized spacial score (nSPS) is 18.3. The fourth-order valence-electron chi connectivity index (χ4n) is 5.01. The van der Waals surface area contributed by atoms with Gasteiger partial charge in [-0.05, 0) is 25.0 Å². The van der Waals surface area contributed by atoms with Gasteiger partial charge in [-0.1, -0.05) is 37.3 Å². The van der Waals surface area contributed by atoms with E-state index in [1.54, 1.807) is 0 Å². The van der Waals surface area contributed by atoms with Crippen LogP contribution in [0.4, 0.5) is 13.2 Å². The monoisotopic (exact) mass is 508 g/mol. The quantitative estimate of drug-likeness (QED) is 0.452. The van der Waals surface area contributed by atoms with Crippen LogP contribution in [-0.4, -0.2) is 56.7 Å². The SMILES string of the molecule is O=C(c1nc2c(C(F)(F)F)cc(-c3ccoc3)cn2c1Cl)N1CCN(C2CCCCCC2)C(=O)C1. The molecule has 186 valence electrons. The van der Waals surface area contributed by atoms with Gasteiger partial charge in [0.15, 0.2) is 11.3 Å². The average Bonchev–Trinajstić information content (AvgIpc) is 3.38. The van der Waals surface area contributed by atoms with Gasteiger partial charge in [-0.15, -0.1) is 0 Å². The first-order valence-electron chi connectivity index (χ1n) is 11.6. The molecule has 7 nitrogen and oxygen atoms in total. The van der Waals surface area contributed by atoms with Crippen molar-refractivity contribution in [3.8, 4) is 11.1 Å². The van der Waals surface area contributed by atoms with Crippen molar-refractivity contribution in [2.75, 3.05) is 19.6 Å². The first-order valence-corrected chi connectivity index (χ1v) is 12.0. The lowest BCUT2D eigenvalue weighted by atomic mass is 10.1. The number of rotatable bonds is 3. The van der Waals surface area contributed by atoms with Crippen LogP contribution < -0.4 is 0 Å². The van der Waals surface area contributed by atoms with Gasteiger partial charge >= 0.3 is 6.18 Å². The Hall–Kier alpha value is -3.01. The van der Waals surface area contributed by atoms with Gasteiger partial charge in [0.2, 0.25) is 5.91 Å². The summed E-state index contributed by atoms with van der Waals surface area (Å²) in [6, 6.07) is 2.65. The summed E-state index contributed by atoms with van der Waals surface area (Å²) in [5.74, 6) is -0.819. The number of carbonyl (C=O) groups is 2. The van der Waals surface area contributed by atoms with Gasteiger partial charge in [-0.25, -0.2) is 4.98 Å². The van der Waals surface area contributed by atoms with E-state index in [0.29, 0.717) is 12.1 Å². The number of nitrogens with zero attached hydrogens (tertiary/aromatic N) is 4. The van der Waals surface area contributed by atoms with Gasteiger partial charge in [0.1, 0.15) is 11.7 Å². The van der Waals surface area contributed by atoms with Crippen molar-refractivity contribution in [2.24, 2.45) is 0 Å². The Balaban J connectivity index is 1.44. The summed E-state index contributed by atoms with van der Waals surface area (Å²) >= 11 is 6.40. The largest absolute Gasteiger partial charge is 0.472 e. The topological polar surface area (TPSA) is 71.1 Å². The standard InChI is InChI=1S/C24H24ClF3N4O3/c25-21-20(23(34)30-8-9-31(19(33)13-30)17-5-3-1-2-4-6-17)29-22-18(24(26,27)28)11-16(12-32(21)22)15-7-10-35-14-15/h7,10-12,14,17H,1-6,8-9,13H2. The molecule has 0 unspecified atom stereocenters. The molecule has 4 heterocycles. The van der Waals surface area contributed by atoms with E-state index in [-0.39, 0.29) is 41.4 Å². The first kappa shape index (κ1) is 23.7. The van der Waals surface area contributed by atoms with Crippen LogP contribution in [0.5, 0.6) is 0 Å². The molecule has 1 aliphatic carbocycles. The van der Waals surface area contributed by atoms with Crippen molar-refractivity contribution >= 4 is 29.1 Å². The van der Waals surface area contributed by atoms with Crippen LogP contribution in [-0.2, 0) is 11.0 Å². The number of aromatic nitrogens is 2. The molecule has 5 rings (SSSR count). The number of hydrogen-bond acceptors (Lipinski definition) is 4. The minimum absolute atomic E-state index is 0.147. The highest BCUT2D eigenvalue weighted by atomic mass is 35.5. The average molecular weight is 509 g/mol. The van der Waals surface area contributed by atoms with Crippen LogP contribution in [0.1, 0.15) is 54.6 Å². The fraction of sp³-hybridized carbons (Fsp3) is 0.458. The Morgan fingerprint density at radius 1 is 1.11 bits per heavy atom. The maximum absolute atomic E-state index is 13.9. The lowest BCUT2D eigenvalue weighted by Gasteiger charge is -2.38. The van der Waals surface area contributed by atoms with Crippen LogP contribution in [0.25, 0.3) is 16.8 Å². The number of pyridine rings is 1. The molecule has 2 fully saturated rings. The van der Waals surface area contributed by atoms with E-state index in [4.69, 9.17) is 16.0 Å². The van der Waals surface area contributed by atoms with Gasteiger partial charge < -0.3 is 14.2 Å². The maximum atomic E-state index is 13.9. The Morgan fingerprint density at radius 3 is 2.49 bits per heavy atom.